The molecule has 3 aliphatic heterocycles. The summed E-state index contributed by atoms with van der Waals surface area (Å²) in [5.41, 5.74) is 1.74. The number of hydrazone groups is 1. The normalized spacial score (nSPS) is 38.0. The van der Waals surface area contributed by atoms with E-state index in [4.69, 9.17) is 16.3 Å². The molecule has 3 fully saturated rings. The highest BCUT2D eigenvalue weighted by Gasteiger charge is 2.63. The van der Waals surface area contributed by atoms with E-state index >= 15 is 0 Å². The van der Waals surface area contributed by atoms with E-state index in [-0.39, 0.29) is 17.5 Å². The first kappa shape index (κ1) is 26.8. The van der Waals surface area contributed by atoms with E-state index in [2.05, 4.69) is 25.7 Å². The monoisotopic (exact) mass is 533 g/mol. The van der Waals surface area contributed by atoms with Crippen LogP contribution in [0, 0.1) is 11.3 Å². The molecule has 2 saturated heterocycles. The zero-order chi connectivity index (χ0) is 26.2. The molecule has 5 N–H and O–H groups in total. The summed E-state index contributed by atoms with van der Waals surface area (Å²) in [4.78, 5) is 6.74. The van der Waals surface area contributed by atoms with Crippen molar-refractivity contribution in [3.63, 3.8) is 0 Å². The number of likely N-dealkylation sites (tertiary alicyclic amines) is 1. The molecule has 1 saturated carbocycles. The van der Waals surface area contributed by atoms with Gasteiger partial charge < -0.3 is 30.8 Å². The fraction of sp³-hybridized carbons (Fsp3) is 0.704. The third-order valence-corrected chi connectivity index (χ3v) is 9.18. The quantitative estimate of drug-likeness (QED) is 0.377. The molecule has 9 nitrogen and oxygen atoms in total. The van der Waals surface area contributed by atoms with Gasteiger partial charge in [0.05, 0.1) is 18.4 Å². The largest absolute Gasteiger partial charge is 0.386 e. The van der Waals surface area contributed by atoms with Crippen molar-refractivity contribution in [1.82, 2.24) is 15.6 Å². The summed E-state index contributed by atoms with van der Waals surface area (Å²) in [6, 6.07) is 6.81. The van der Waals surface area contributed by atoms with Crippen LogP contribution in [0.5, 0.6) is 0 Å². The predicted molar refractivity (Wildman–Crippen MR) is 143 cm³/mol. The van der Waals surface area contributed by atoms with Gasteiger partial charge in [0.15, 0.2) is 5.84 Å². The van der Waals surface area contributed by atoms with Crippen LogP contribution in [0.1, 0.15) is 70.0 Å². The molecule has 1 aromatic carbocycles. The Morgan fingerprint density at radius 3 is 2.46 bits per heavy atom. The molecule has 1 aromatic rings. The molecule has 0 aromatic heterocycles. The van der Waals surface area contributed by atoms with Gasteiger partial charge in [-0.3, -0.25) is 4.90 Å². The number of aliphatic hydroxyl groups is 3. The maximum atomic E-state index is 11.4. The van der Waals surface area contributed by atoms with Gasteiger partial charge in [0.2, 0.25) is 0 Å². The van der Waals surface area contributed by atoms with Crippen LogP contribution in [0.25, 0.3) is 0 Å². The number of amidine groups is 1. The molecule has 7 atom stereocenters. The minimum atomic E-state index is -1.67. The minimum absolute atomic E-state index is 0.00374. The lowest BCUT2D eigenvalue weighted by Gasteiger charge is -2.37. The first-order valence-electron chi connectivity index (χ1n) is 13.6. The van der Waals surface area contributed by atoms with E-state index in [0.29, 0.717) is 17.1 Å². The zero-order valence-electron chi connectivity index (χ0n) is 21.7. The van der Waals surface area contributed by atoms with Crippen LogP contribution in [0.4, 0.5) is 0 Å². The van der Waals surface area contributed by atoms with Crippen LogP contribution >= 0.6 is 11.6 Å². The van der Waals surface area contributed by atoms with Crippen molar-refractivity contribution in [2.45, 2.75) is 94.6 Å². The van der Waals surface area contributed by atoms with Crippen LogP contribution in [-0.2, 0) is 4.74 Å². The van der Waals surface area contributed by atoms with E-state index in [9.17, 15) is 15.3 Å². The highest BCUT2D eigenvalue weighted by molar-refractivity contribution is 6.30. The third-order valence-electron chi connectivity index (χ3n) is 8.93. The van der Waals surface area contributed by atoms with Crippen LogP contribution in [-0.4, -0.2) is 76.2 Å². The summed E-state index contributed by atoms with van der Waals surface area (Å²) in [5, 5.41) is 42.6. The molecule has 0 bridgehead atoms. The Labute approximate surface area is 223 Å². The van der Waals surface area contributed by atoms with Crippen LogP contribution in [0.15, 0.2) is 34.4 Å². The van der Waals surface area contributed by atoms with Gasteiger partial charge in [0, 0.05) is 18.6 Å². The Hall–Kier alpha value is -1.75. The molecule has 0 radical (unpaired) electrons. The molecule has 204 valence electrons. The molecular formula is C27H40ClN5O4. The van der Waals surface area contributed by atoms with E-state index in [1.807, 2.05) is 0 Å². The Morgan fingerprint density at radius 1 is 1.16 bits per heavy atom. The lowest BCUT2D eigenvalue weighted by molar-refractivity contribution is -0.130. The van der Waals surface area contributed by atoms with Gasteiger partial charge in [-0.25, -0.2) is 4.99 Å². The number of hydrogen-bond donors (Lipinski definition) is 5. The second-order valence-corrected chi connectivity index (χ2v) is 11.7. The van der Waals surface area contributed by atoms with E-state index in [0.717, 1.165) is 31.5 Å². The van der Waals surface area contributed by atoms with Crippen LogP contribution in [0.3, 0.4) is 0 Å². The highest BCUT2D eigenvalue weighted by Crippen LogP contribution is 2.52. The third kappa shape index (κ3) is 4.90. The maximum Gasteiger partial charge on any atom is 0.156 e. The molecule has 10 heteroatoms. The Morgan fingerprint density at radius 2 is 1.81 bits per heavy atom. The fourth-order valence-corrected chi connectivity index (χ4v) is 7.10. The number of nitrogens with one attached hydrogen (secondary N) is 2. The lowest BCUT2D eigenvalue weighted by Crippen LogP contribution is -2.56. The van der Waals surface area contributed by atoms with Gasteiger partial charge in [-0.15, -0.1) is 0 Å². The number of fused-ring (bicyclic) bond motifs is 2. The van der Waals surface area contributed by atoms with Crippen molar-refractivity contribution in [2.24, 2.45) is 21.4 Å². The van der Waals surface area contributed by atoms with E-state index < -0.39 is 30.1 Å². The fourth-order valence-electron chi connectivity index (χ4n) is 6.98. The first-order valence-corrected chi connectivity index (χ1v) is 13.9. The number of halogens is 1. The van der Waals surface area contributed by atoms with Crippen molar-refractivity contribution < 1.29 is 20.1 Å². The number of rotatable bonds is 4. The first-order chi connectivity index (χ1) is 17.8. The maximum absolute atomic E-state index is 11.4. The Kier molecular flexibility index (Phi) is 7.82. The second kappa shape index (κ2) is 10.8. The molecule has 0 amide bonds. The smallest absolute Gasteiger partial charge is 0.156 e. The van der Waals surface area contributed by atoms with Gasteiger partial charge in [0.1, 0.15) is 30.1 Å². The van der Waals surface area contributed by atoms with Gasteiger partial charge in [0.25, 0.3) is 0 Å². The Balaban J connectivity index is 1.47. The van der Waals surface area contributed by atoms with Crippen molar-refractivity contribution in [2.75, 3.05) is 13.6 Å². The number of nitrogens with zero attached hydrogens (tertiary/aromatic N) is 3. The van der Waals surface area contributed by atoms with E-state index in [1.54, 1.807) is 37.7 Å². The number of ether oxygens (including phenoxy) is 1. The van der Waals surface area contributed by atoms with Crippen molar-refractivity contribution in [1.29, 1.82) is 0 Å². The molecule has 37 heavy (non-hydrogen) atoms. The van der Waals surface area contributed by atoms with Crippen molar-refractivity contribution in [3.8, 4) is 0 Å². The lowest BCUT2D eigenvalue weighted by atomic mass is 9.69. The number of aliphatic hydroxyl groups excluding tert-OH is 2. The summed E-state index contributed by atoms with van der Waals surface area (Å²) >= 11 is 6.03. The van der Waals surface area contributed by atoms with Crippen LogP contribution in [0.2, 0.25) is 5.02 Å². The molecule has 3 heterocycles. The molecule has 4 aliphatic rings. The molecule has 1 spiro atoms. The summed E-state index contributed by atoms with van der Waals surface area (Å²) in [5.74, 6) is 0.758. The standard InChI is InChI=1S/C27H40ClN5O4/c1-26(36)21(35)25(37-22(26)20(34)17-9-11-18(28)12-10-17)33-15-27(13-7-5-3-4-6-8-14-27)19-23(32-29-2)30-16-31-24(19)33/h9-12,16,19-22,24-25,29,34-36H,3-8,13-15H2,1-2H3,(H,30,31,32)/t19?,20-,21+,22-,24?,25-,26+/m1/s1. The summed E-state index contributed by atoms with van der Waals surface area (Å²) in [6.45, 7) is 2.22. The van der Waals surface area contributed by atoms with E-state index in [1.165, 1.54) is 32.6 Å². The van der Waals surface area contributed by atoms with Crippen LogP contribution < -0.4 is 10.7 Å². The van der Waals surface area contributed by atoms with Gasteiger partial charge in [-0.2, -0.15) is 5.10 Å². The molecular weight excluding hydrogens is 494 g/mol. The number of hydrogen-bond acceptors (Lipinski definition) is 8. The summed E-state index contributed by atoms with van der Waals surface area (Å²) in [6.07, 6.45) is 6.58. The molecule has 5 rings (SSSR count). The van der Waals surface area contributed by atoms with Gasteiger partial charge >= 0.3 is 0 Å². The minimum Gasteiger partial charge on any atom is -0.386 e. The predicted octanol–water partition coefficient (Wildman–Crippen LogP) is 2.75. The highest BCUT2D eigenvalue weighted by atomic mass is 35.5. The zero-order valence-corrected chi connectivity index (χ0v) is 22.4. The average molecular weight is 534 g/mol. The van der Waals surface area contributed by atoms with Crippen molar-refractivity contribution >= 4 is 23.8 Å². The SMILES string of the molecule is CN/N=C1/N=CNC2C1C1(CCCCCCCC1)CN2[C@@H]1O[C@H]([C@H](O)c2ccc(Cl)cc2)[C@@](C)(O)[C@H]1O. The van der Waals surface area contributed by atoms with Crippen molar-refractivity contribution in [3.05, 3.63) is 34.9 Å². The number of benzene rings is 1. The topological polar surface area (TPSA) is 122 Å². The average Bonchev–Trinajstić information content (AvgIpc) is 3.37. The Bertz CT molecular complexity index is 993. The summed E-state index contributed by atoms with van der Waals surface area (Å²) in [7, 11) is 1.78. The molecule has 2 unspecified atom stereocenters. The molecule has 1 aliphatic carbocycles. The van der Waals surface area contributed by atoms with Gasteiger partial charge in [-0.1, -0.05) is 62.3 Å². The summed E-state index contributed by atoms with van der Waals surface area (Å²) < 4.78 is 6.38. The second-order valence-electron chi connectivity index (χ2n) is 11.3. The van der Waals surface area contributed by atoms with Gasteiger partial charge in [-0.05, 0) is 42.9 Å². The number of aliphatic imine (C=N–C) groups is 1.